The fraction of sp³-hybridized carbons (Fsp3) is 0.0357. The third-order valence-electron chi connectivity index (χ3n) is 5.66. The standard InChI is InChI=1S/C28H20N2O5S3/c1-38(33,34)23-14-7-18(8-15-23)25-16-13-22(37-25)17-24-26(31)29-28(36)30(27(24)32)19-9-11-21(12-10-19)35-20-5-3-2-4-6-20/h2-17H,1H3,(H,29,31,36). The minimum absolute atomic E-state index is 0.00767. The van der Waals surface area contributed by atoms with Gasteiger partial charge in [-0.15, -0.1) is 11.3 Å². The Morgan fingerprint density at radius 2 is 1.53 bits per heavy atom. The number of thiocarbonyl (C=S) groups is 1. The molecule has 2 heterocycles. The first-order chi connectivity index (χ1) is 18.2. The van der Waals surface area contributed by atoms with Gasteiger partial charge in [0.1, 0.15) is 17.1 Å². The number of thiophene rings is 1. The molecule has 5 rings (SSSR count). The highest BCUT2D eigenvalue weighted by Crippen LogP contribution is 2.32. The van der Waals surface area contributed by atoms with E-state index >= 15 is 0 Å². The normalized spacial score (nSPS) is 15.0. The van der Waals surface area contributed by atoms with Crippen molar-refractivity contribution in [3.8, 4) is 21.9 Å². The van der Waals surface area contributed by atoms with E-state index in [2.05, 4.69) is 5.32 Å². The van der Waals surface area contributed by atoms with Crippen molar-refractivity contribution < 1.29 is 22.7 Å². The molecule has 0 spiro atoms. The molecule has 0 atom stereocenters. The molecule has 0 saturated carbocycles. The highest BCUT2D eigenvalue weighted by Gasteiger charge is 2.34. The summed E-state index contributed by atoms with van der Waals surface area (Å²) in [6, 6.07) is 26.3. The fourth-order valence-electron chi connectivity index (χ4n) is 3.77. The van der Waals surface area contributed by atoms with Crippen molar-refractivity contribution in [2.75, 3.05) is 11.2 Å². The lowest BCUT2D eigenvalue weighted by atomic mass is 10.1. The molecule has 1 saturated heterocycles. The van der Waals surface area contributed by atoms with Crippen LogP contribution in [0.15, 0.2) is 101 Å². The Morgan fingerprint density at radius 3 is 2.18 bits per heavy atom. The zero-order chi connectivity index (χ0) is 26.9. The van der Waals surface area contributed by atoms with Crippen LogP contribution in [0.5, 0.6) is 11.5 Å². The van der Waals surface area contributed by atoms with Crippen LogP contribution in [-0.4, -0.2) is 31.6 Å². The lowest BCUT2D eigenvalue weighted by Gasteiger charge is -2.28. The van der Waals surface area contributed by atoms with E-state index in [0.29, 0.717) is 22.1 Å². The molecule has 7 nitrogen and oxygen atoms in total. The van der Waals surface area contributed by atoms with Gasteiger partial charge in [-0.1, -0.05) is 30.3 Å². The van der Waals surface area contributed by atoms with E-state index in [0.717, 1.165) is 16.7 Å². The van der Waals surface area contributed by atoms with E-state index in [1.807, 2.05) is 36.4 Å². The van der Waals surface area contributed by atoms with Gasteiger partial charge in [0.15, 0.2) is 14.9 Å². The number of ether oxygens (including phenoxy) is 1. The smallest absolute Gasteiger partial charge is 0.270 e. The average Bonchev–Trinajstić information content (AvgIpc) is 3.36. The Balaban J connectivity index is 1.37. The van der Waals surface area contributed by atoms with E-state index < -0.39 is 21.7 Å². The van der Waals surface area contributed by atoms with Crippen molar-refractivity contribution in [1.82, 2.24) is 5.32 Å². The number of nitrogens with zero attached hydrogens (tertiary/aromatic N) is 1. The van der Waals surface area contributed by atoms with Gasteiger partial charge in [0.05, 0.1) is 10.6 Å². The summed E-state index contributed by atoms with van der Waals surface area (Å²) in [7, 11) is -3.29. The SMILES string of the molecule is CS(=O)(=O)c1ccc(-c2ccc(C=C3C(=O)NC(=S)N(c4ccc(Oc5ccccc5)cc4)C3=O)s2)cc1. The van der Waals surface area contributed by atoms with Crippen molar-refractivity contribution in [3.63, 3.8) is 0 Å². The molecule has 0 unspecified atom stereocenters. The van der Waals surface area contributed by atoms with Gasteiger partial charge in [-0.25, -0.2) is 8.42 Å². The molecule has 1 aliphatic rings. The fourth-order valence-corrected chi connectivity index (χ4v) is 5.64. The molecule has 2 amide bonds. The maximum Gasteiger partial charge on any atom is 0.270 e. The van der Waals surface area contributed by atoms with Gasteiger partial charge < -0.3 is 4.74 Å². The molecule has 1 aromatic heterocycles. The van der Waals surface area contributed by atoms with Crippen LogP contribution < -0.4 is 15.0 Å². The number of nitrogens with one attached hydrogen (secondary N) is 1. The van der Waals surface area contributed by atoms with Crippen LogP contribution in [0.4, 0.5) is 5.69 Å². The van der Waals surface area contributed by atoms with Crippen LogP contribution >= 0.6 is 23.6 Å². The van der Waals surface area contributed by atoms with Gasteiger partial charge >= 0.3 is 0 Å². The average molecular weight is 561 g/mol. The Bertz CT molecular complexity index is 1670. The maximum atomic E-state index is 13.4. The Morgan fingerprint density at radius 1 is 0.868 bits per heavy atom. The monoisotopic (exact) mass is 560 g/mol. The van der Waals surface area contributed by atoms with Gasteiger partial charge in [0, 0.05) is 16.0 Å². The molecule has 1 aliphatic heterocycles. The van der Waals surface area contributed by atoms with Crippen molar-refractivity contribution in [2.24, 2.45) is 0 Å². The summed E-state index contributed by atoms with van der Waals surface area (Å²) in [5.41, 5.74) is 1.26. The molecular weight excluding hydrogens is 541 g/mol. The van der Waals surface area contributed by atoms with Crippen LogP contribution in [0.25, 0.3) is 16.5 Å². The molecule has 1 N–H and O–H groups in total. The topological polar surface area (TPSA) is 92.8 Å². The number of carbonyl (C=O) groups excluding carboxylic acids is 2. The molecule has 38 heavy (non-hydrogen) atoms. The van der Waals surface area contributed by atoms with E-state index in [9.17, 15) is 18.0 Å². The summed E-state index contributed by atoms with van der Waals surface area (Å²) < 4.78 is 29.2. The number of hydrogen-bond donors (Lipinski definition) is 1. The van der Waals surface area contributed by atoms with Gasteiger partial charge in [0.2, 0.25) is 0 Å². The summed E-state index contributed by atoms with van der Waals surface area (Å²) in [4.78, 5) is 29.1. The van der Waals surface area contributed by atoms with Crippen LogP contribution in [0, 0.1) is 0 Å². The highest BCUT2D eigenvalue weighted by molar-refractivity contribution is 7.90. The molecule has 10 heteroatoms. The molecule has 190 valence electrons. The van der Waals surface area contributed by atoms with Crippen molar-refractivity contribution in [1.29, 1.82) is 0 Å². The summed E-state index contributed by atoms with van der Waals surface area (Å²) in [6.07, 6.45) is 2.68. The quantitative estimate of drug-likeness (QED) is 0.192. The molecule has 0 bridgehead atoms. The second kappa shape index (κ2) is 10.3. The second-order valence-electron chi connectivity index (χ2n) is 8.37. The van der Waals surface area contributed by atoms with E-state index in [4.69, 9.17) is 17.0 Å². The summed E-state index contributed by atoms with van der Waals surface area (Å²) in [6.45, 7) is 0. The zero-order valence-corrected chi connectivity index (χ0v) is 22.4. The van der Waals surface area contributed by atoms with E-state index in [1.54, 1.807) is 54.6 Å². The van der Waals surface area contributed by atoms with Crippen LogP contribution in [0.3, 0.4) is 0 Å². The zero-order valence-electron chi connectivity index (χ0n) is 20.0. The van der Waals surface area contributed by atoms with Crippen molar-refractivity contribution in [2.45, 2.75) is 4.90 Å². The Labute approximate surface area is 228 Å². The van der Waals surface area contributed by atoms with E-state index in [1.165, 1.54) is 22.3 Å². The molecule has 0 aliphatic carbocycles. The van der Waals surface area contributed by atoms with Crippen LogP contribution in [-0.2, 0) is 19.4 Å². The number of benzene rings is 3. The first-order valence-electron chi connectivity index (χ1n) is 11.3. The van der Waals surface area contributed by atoms with Crippen molar-refractivity contribution >= 4 is 62.1 Å². The minimum atomic E-state index is -3.29. The van der Waals surface area contributed by atoms with E-state index in [-0.39, 0.29) is 15.6 Å². The second-order valence-corrected chi connectivity index (χ2v) is 11.9. The van der Waals surface area contributed by atoms with Gasteiger partial charge in [-0.2, -0.15) is 0 Å². The summed E-state index contributed by atoms with van der Waals surface area (Å²) in [5.74, 6) is 0.158. The molecule has 0 radical (unpaired) electrons. The molecule has 1 fully saturated rings. The number of carbonyl (C=O) groups is 2. The van der Waals surface area contributed by atoms with Gasteiger partial charge in [0.25, 0.3) is 11.8 Å². The third-order valence-corrected chi connectivity index (χ3v) is 8.15. The maximum absolute atomic E-state index is 13.4. The summed E-state index contributed by atoms with van der Waals surface area (Å²) in [5, 5.41) is 2.58. The third kappa shape index (κ3) is 5.42. The molecular formula is C28H20N2O5S3. The van der Waals surface area contributed by atoms with Gasteiger partial charge in [-0.05, 0) is 84.5 Å². The number of sulfone groups is 1. The lowest BCUT2D eigenvalue weighted by molar-refractivity contribution is -0.122. The minimum Gasteiger partial charge on any atom is -0.457 e. The molecule has 3 aromatic carbocycles. The van der Waals surface area contributed by atoms with Crippen LogP contribution in [0.2, 0.25) is 0 Å². The number of anilines is 1. The van der Waals surface area contributed by atoms with Gasteiger partial charge in [-0.3, -0.25) is 19.8 Å². The van der Waals surface area contributed by atoms with Crippen LogP contribution in [0.1, 0.15) is 4.88 Å². The first-order valence-corrected chi connectivity index (χ1v) is 14.5. The highest BCUT2D eigenvalue weighted by atomic mass is 32.2. The summed E-state index contributed by atoms with van der Waals surface area (Å²) >= 11 is 6.67. The predicted molar refractivity (Wildman–Crippen MR) is 152 cm³/mol. The number of rotatable bonds is 6. The Kier molecular flexibility index (Phi) is 6.94. The molecule has 4 aromatic rings. The van der Waals surface area contributed by atoms with Crippen molar-refractivity contribution in [3.05, 3.63) is 101 Å². The lowest BCUT2D eigenvalue weighted by Crippen LogP contribution is -2.54. The Hall–Kier alpha value is -4.12. The first kappa shape index (κ1) is 25.5. The largest absolute Gasteiger partial charge is 0.457 e. The number of amides is 2. The number of hydrogen-bond acceptors (Lipinski definition) is 7. The number of para-hydroxylation sites is 1. The predicted octanol–water partition coefficient (Wildman–Crippen LogP) is 5.44.